The van der Waals surface area contributed by atoms with Crippen molar-refractivity contribution in [3.8, 4) is 118 Å². The van der Waals surface area contributed by atoms with Crippen LogP contribution in [0, 0.1) is 0 Å². The smallest absolute Gasteiger partial charge is 0.160 e. The Kier molecular flexibility index (Phi) is 13.6. The zero-order valence-corrected chi connectivity index (χ0v) is 63.1. The molecule has 4 heterocycles. The van der Waals surface area contributed by atoms with Crippen molar-refractivity contribution in [2.24, 2.45) is 0 Å². The van der Waals surface area contributed by atoms with Crippen LogP contribution in [0.3, 0.4) is 0 Å². The summed E-state index contributed by atoms with van der Waals surface area (Å²) in [7, 11) is 0. The number of hydrogen-bond acceptors (Lipinski definition) is 2. The van der Waals surface area contributed by atoms with Crippen LogP contribution in [0.5, 0.6) is 0 Å². The summed E-state index contributed by atoms with van der Waals surface area (Å²) in [5, 5.41) is 8.24. The highest BCUT2D eigenvalue weighted by Gasteiger charge is 2.38. The maximum atomic E-state index is 5.78. The minimum absolute atomic E-state index is 0.0627. The zero-order valence-electron chi connectivity index (χ0n) is 63.1. The molecule has 0 aliphatic heterocycles. The van der Waals surface area contributed by atoms with Gasteiger partial charge in [0, 0.05) is 82.1 Å². The lowest BCUT2D eigenvalue weighted by Gasteiger charge is -2.21. The monoisotopic (exact) mass is 1430 g/mol. The highest BCUT2D eigenvalue weighted by molar-refractivity contribution is 6.13. The van der Waals surface area contributed by atoms with Gasteiger partial charge in [-0.15, -0.1) is 0 Å². The number of nitrogens with zero attached hydrogens (tertiary/aromatic N) is 5. The maximum Gasteiger partial charge on any atom is 0.160 e. The van der Waals surface area contributed by atoms with Crippen LogP contribution < -0.4 is 0 Å². The molecule has 0 unspecified atom stereocenters. The van der Waals surface area contributed by atoms with Crippen LogP contribution in [0.4, 0.5) is 0 Å². The largest absolute Gasteiger partial charge is 0.309 e. The molecule has 528 valence electrons. The summed E-state index contributed by atoms with van der Waals surface area (Å²) in [5.74, 6) is 0.654. The molecule has 0 spiro atoms. The summed E-state index contributed by atoms with van der Waals surface area (Å²) in [4.78, 5) is 11.3. The first-order valence-corrected chi connectivity index (χ1v) is 39.3. The van der Waals surface area contributed by atoms with Gasteiger partial charge in [0.2, 0.25) is 0 Å². The molecule has 23 rings (SSSR count). The predicted octanol–water partition coefficient (Wildman–Crippen LogP) is 27.8. The van der Waals surface area contributed by atoms with E-state index in [0.29, 0.717) is 5.82 Å². The van der Waals surface area contributed by atoms with E-state index in [1.54, 1.807) is 0 Å². The van der Waals surface area contributed by atoms with Gasteiger partial charge in [-0.05, 0) is 227 Å². The number of aromatic nitrogens is 5. The lowest BCUT2D eigenvalue weighted by atomic mass is 9.82. The first-order chi connectivity index (χ1) is 54.8. The third-order valence-corrected chi connectivity index (χ3v) is 25.7. The van der Waals surface area contributed by atoms with E-state index in [0.717, 1.165) is 89.0 Å². The average Bonchev–Trinajstić information content (AvgIpc) is 1.52. The van der Waals surface area contributed by atoms with Gasteiger partial charge in [-0.25, -0.2) is 9.97 Å². The van der Waals surface area contributed by atoms with E-state index in [1.165, 1.54) is 132 Å². The SMILES string of the molecule is CC1(C)c2ccccc2-c2cc(-c3ccc4c5ccccc5n(-c5ccc(-c6nc(-c7cccc(-n8c9ccccc9c9ccc(-c%10ccc%11c(c%10)-c%10ccccc%10C%11(C)C)cc98)c7)c7cc(-c8cccc(-n9c%10ccccc%10c%10ccc(-c%11ccc%12c(c%11)-c%11ccccc%11C%12(C)C)cc%109)c8)ccc7n6)cc5)c4c3)ccc21. The van der Waals surface area contributed by atoms with Crippen LogP contribution in [0.15, 0.2) is 346 Å². The Bertz CT molecular complexity index is 7470. The second-order valence-corrected chi connectivity index (χ2v) is 32.8. The Morgan fingerprint density at radius 3 is 0.964 bits per heavy atom. The van der Waals surface area contributed by atoms with Crippen LogP contribution >= 0.6 is 0 Å². The number of para-hydroxylation sites is 3. The summed E-state index contributed by atoms with van der Waals surface area (Å²) in [6.45, 7) is 14.1. The number of rotatable bonds is 9. The van der Waals surface area contributed by atoms with Gasteiger partial charge in [-0.1, -0.05) is 272 Å². The molecule has 20 aromatic rings. The van der Waals surface area contributed by atoms with Crippen LogP contribution in [-0.2, 0) is 16.2 Å². The van der Waals surface area contributed by atoms with E-state index < -0.39 is 0 Å². The molecule has 3 aliphatic rings. The van der Waals surface area contributed by atoms with Gasteiger partial charge in [0.1, 0.15) is 0 Å². The molecule has 0 atom stereocenters. The molecule has 0 saturated carbocycles. The van der Waals surface area contributed by atoms with Gasteiger partial charge < -0.3 is 13.7 Å². The molecule has 4 aromatic heterocycles. The number of benzene rings is 16. The molecule has 3 aliphatic carbocycles. The molecule has 0 bridgehead atoms. The van der Waals surface area contributed by atoms with E-state index in [-0.39, 0.29) is 16.2 Å². The molecule has 16 aromatic carbocycles. The average molecular weight is 1430 g/mol. The Hall–Kier alpha value is -13.7. The first-order valence-electron chi connectivity index (χ1n) is 39.3. The topological polar surface area (TPSA) is 40.6 Å². The summed E-state index contributed by atoms with van der Waals surface area (Å²) >= 11 is 0. The Labute approximate surface area is 650 Å². The molecular formula is C107H75N5. The van der Waals surface area contributed by atoms with E-state index >= 15 is 0 Å². The van der Waals surface area contributed by atoms with Crippen molar-refractivity contribution < 1.29 is 0 Å². The molecule has 0 radical (unpaired) electrons. The summed E-state index contributed by atoms with van der Waals surface area (Å²) in [6, 6.07) is 129. The van der Waals surface area contributed by atoms with Gasteiger partial charge >= 0.3 is 0 Å². The van der Waals surface area contributed by atoms with Crippen molar-refractivity contribution >= 4 is 76.3 Å². The fourth-order valence-corrected chi connectivity index (χ4v) is 20.0. The number of hydrogen-bond donors (Lipinski definition) is 0. The van der Waals surface area contributed by atoms with Crippen LogP contribution in [0.2, 0.25) is 0 Å². The normalized spacial score (nSPS) is 14.0. The standard InChI is InChI=1S/C107H75N5/c1-105(2)90-31-13-7-25-77(90)86-57-66(42-51-93(86)105)70-39-48-83-80-28-10-16-34-97(80)110(100(83)61-70)74-46-37-64(38-47-74)104-108-96-54-45-69(65-21-19-23-75(55-65)111-98-35-17-11-29-81(98)84-49-40-71(62-101(84)111)67-43-52-94-87(58-67)78-26-8-14-32-91(78)106(94,3)4)60-89(96)103(109-104)73-22-20-24-76(56-73)112-99-36-18-12-30-82(99)85-50-41-72(63-102(85)112)68-44-53-95-88(59-68)79-27-9-15-33-92(79)107(95,5)6/h7-63H,1-6H3. The molecule has 5 heteroatoms. The predicted molar refractivity (Wildman–Crippen MR) is 468 cm³/mol. The maximum absolute atomic E-state index is 5.78. The second-order valence-electron chi connectivity index (χ2n) is 32.8. The lowest BCUT2D eigenvalue weighted by Crippen LogP contribution is -2.14. The zero-order chi connectivity index (χ0) is 74.6. The van der Waals surface area contributed by atoms with Gasteiger partial charge in [0.05, 0.1) is 44.3 Å². The molecule has 0 fully saturated rings. The molecule has 5 nitrogen and oxygen atoms in total. The lowest BCUT2D eigenvalue weighted by molar-refractivity contribution is 0.660. The van der Waals surface area contributed by atoms with Crippen molar-refractivity contribution in [2.75, 3.05) is 0 Å². The molecule has 0 saturated heterocycles. The van der Waals surface area contributed by atoms with Gasteiger partial charge in [0.15, 0.2) is 5.82 Å². The minimum Gasteiger partial charge on any atom is -0.309 e. The number of fused-ring (bicyclic) bond motifs is 19. The summed E-state index contributed by atoms with van der Waals surface area (Å²) in [5.41, 5.74) is 39.1. The Morgan fingerprint density at radius 2 is 0.518 bits per heavy atom. The van der Waals surface area contributed by atoms with Crippen molar-refractivity contribution in [1.82, 2.24) is 23.7 Å². The van der Waals surface area contributed by atoms with Crippen molar-refractivity contribution in [3.05, 3.63) is 379 Å². The highest BCUT2D eigenvalue weighted by Crippen LogP contribution is 2.54. The van der Waals surface area contributed by atoms with Crippen molar-refractivity contribution in [2.45, 2.75) is 57.8 Å². The summed E-state index contributed by atoms with van der Waals surface area (Å²) < 4.78 is 7.34. The first kappa shape index (κ1) is 64.3. The Morgan fingerprint density at radius 1 is 0.196 bits per heavy atom. The third-order valence-electron chi connectivity index (χ3n) is 25.7. The second kappa shape index (κ2) is 23.6. The molecular weight excluding hydrogens is 1360 g/mol. The van der Waals surface area contributed by atoms with Gasteiger partial charge in [-0.3, -0.25) is 0 Å². The quantitative estimate of drug-likeness (QED) is 0.144. The van der Waals surface area contributed by atoms with E-state index in [1.807, 2.05) is 0 Å². The van der Waals surface area contributed by atoms with Gasteiger partial charge in [0.25, 0.3) is 0 Å². The van der Waals surface area contributed by atoms with E-state index in [9.17, 15) is 0 Å². The minimum atomic E-state index is -0.0764. The van der Waals surface area contributed by atoms with Crippen LogP contribution in [-0.4, -0.2) is 23.7 Å². The van der Waals surface area contributed by atoms with Crippen molar-refractivity contribution in [3.63, 3.8) is 0 Å². The van der Waals surface area contributed by atoms with Gasteiger partial charge in [-0.2, -0.15) is 0 Å². The highest BCUT2D eigenvalue weighted by atomic mass is 15.0. The van der Waals surface area contributed by atoms with E-state index in [2.05, 4.69) is 401 Å². The molecule has 0 N–H and O–H groups in total. The molecule has 0 amide bonds. The third kappa shape index (κ3) is 9.37. The van der Waals surface area contributed by atoms with E-state index in [4.69, 9.17) is 9.97 Å². The fraction of sp³-hybridized carbons (Fsp3) is 0.0841. The van der Waals surface area contributed by atoms with Crippen LogP contribution in [0.1, 0.15) is 74.9 Å². The summed E-state index contributed by atoms with van der Waals surface area (Å²) in [6.07, 6.45) is 0. The fourth-order valence-electron chi connectivity index (χ4n) is 20.0. The Balaban J connectivity index is 0.664. The van der Waals surface area contributed by atoms with Crippen LogP contribution in [0.25, 0.3) is 194 Å². The molecule has 112 heavy (non-hydrogen) atoms. The van der Waals surface area contributed by atoms with Crippen molar-refractivity contribution in [1.29, 1.82) is 0 Å².